The Morgan fingerprint density at radius 2 is 1.85 bits per heavy atom. The first-order valence-electron chi connectivity index (χ1n) is 10.6. The zero-order chi connectivity index (χ0) is 23.5. The molecule has 1 amide bonds. The Labute approximate surface area is 192 Å². The van der Waals surface area contributed by atoms with Gasteiger partial charge in [0, 0.05) is 29.6 Å². The Hall–Kier alpha value is -4.13. The first-order chi connectivity index (χ1) is 15.9. The molecule has 0 spiro atoms. The van der Waals surface area contributed by atoms with E-state index in [1.807, 2.05) is 75.4 Å². The fraction of sp³-hybridized carbons (Fsp3) is 0.192. The number of methoxy groups -OCH3 is 1. The van der Waals surface area contributed by atoms with E-state index in [-0.39, 0.29) is 18.0 Å². The van der Waals surface area contributed by atoms with E-state index in [2.05, 4.69) is 10.3 Å². The lowest BCUT2D eigenvalue weighted by Gasteiger charge is -2.09. The summed E-state index contributed by atoms with van der Waals surface area (Å²) in [5.74, 6) is 0.358. The quantitative estimate of drug-likeness (QED) is 0.471. The van der Waals surface area contributed by atoms with Gasteiger partial charge in [-0.15, -0.1) is 0 Å². The minimum atomic E-state index is -0.314. The van der Waals surface area contributed by atoms with Crippen molar-refractivity contribution in [3.63, 3.8) is 0 Å². The van der Waals surface area contributed by atoms with Crippen molar-refractivity contribution >= 4 is 5.91 Å². The Morgan fingerprint density at radius 1 is 1.09 bits per heavy atom. The van der Waals surface area contributed by atoms with Crippen LogP contribution >= 0.6 is 0 Å². The normalized spacial score (nSPS) is 10.8. The molecule has 33 heavy (non-hydrogen) atoms. The molecule has 2 heterocycles. The number of aromatic amines is 1. The number of ether oxygens (including phenoxy) is 1. The summed E-state index contributed by atoms with van der Waals surface area (Å²) in [5.41, 5.74) is 5.62. The van der Waals surface area contributed by atoms with Crippen molar-refractivity contribution in [2.24, 2.45) is 0 Å². The highest BCUT2D eigenvalue weighted by Crippen LogP contribution is 2.27. The molecule has 2 N–H and O–H groups in total. The molecule has 0 radical (unpaired) electrons. The number of benzene rings is 2. The SMILES string of the molecule is COc1cccc(-c2nn(-c3ccc(C)cc3)cc2C(=O)NCc2c(C)cc(C)[nH]c2=O)c1. The summed E-state index contributed by atoms with van der Waals surface area (Å²) >= 11 is 0. The van der Waals surface area contributed by atoms with Gasteiger partial charge in [0.05, 0.1) is 18.4 Å². The number of pyridine rings is 1. The molecule has 0 fully saturated rings. The molecule has 0 unspecified atom stereocenters. The van der Waals surface area contributed by atoms with Gasteiger partial charge < -0.3 is 15.0 Å². The first kappa shape index (κ1) is 22.1. The minimum Gasteiger partial charge on any atom is -0.497 e. The number of hydrogen-bond donors (Lipinski definition) is 2. The predicted molar refractivity (Wildman–Crippen MR) is 128 cm³/mol. The average Bonchev–Trinajstić information content (AvgIpc) is 3.24. The summed E-state index contributed by atoms with van der Waals surface area (Å²) in [6.07, 6.45) is 1.71. The van der Waals surface area contributed by atoms with Gasteiger partial charge in [-0.25, -0.2) is 4.68 Å². The average molecular weight is 443 g/mol. The van der Waals surface area contributed by atoms with Gasteiger partial charge >= 0.3 is 0 Å². The number of amides is 1. The summed E-state index contributed by atoms with van der Waals surface area (Å²) in [6.45, 7) is 5.83. The Kier molecular flexibility index (Phi) is 6.13. The van der Waals surface area contributed by atoms with Gasteiger partial charge in [-0.3, -0.25) is 9.59 Å². The highest BCUT2D eigenvalue weighted by atomic mass is 16.5. The lowest BCUT2D eigenvalue weighted by atomic mass is 10.1. The molecule has 0 aliphatic heterocycles. The van der Waals surface area contributed by atoms with Crippen LogP contribution in [0, 0.1) is 20.8 Å². The zero-order valence-corrected chi connectivity index (χ0v) is 19.1. The molecular formula is C26H26N4O3. The number of hydrogen-bond acceptors (Lipinski definition) is 4. The maximum Gasteiger partial charge on any atom is 0.255 e. The first-order valence-corrected chi connectivity index (χ1v) is 10.6. The van der Waals surface area contributed by atoms with E-state index in [0.717, 1.165) is 28.1 Å². The highest BCUT2D eigenvalue weighted by molar-refractivity contribution is 6.00. The minimum absolute atomic E-state index is 0.119. The highest BCUT2D eigenvalue weighted by Gasteiger charge is 2.20. The van der Waals surface area contributed by atoms with Crippen LogP contribution in [0.3, 0.4) is 0 Å². The van der Waals surface area contributed by atoms with Gasteiger partial charge in [0.2, 0.25) is 0 Å². The Morgan fingerprint density at radius 3 is 2.55 bits per heavy atom. The fourth-order valence-electron chi connectivity index (χ4n) is 3.72. The van der Waals surface area contributed by atoms with Crippen LogP contribution in [0.1, 0.15) is 32.7 Å². The van der Waals surface area contributed by atoms with Crippen molar-refractivity contribution in [1.82, 2.24) is 20.1 Å². The number of carbonyl (C=O) groups excluding carboxylic acids is 1. The van der Waals surface area contributed by atoms with Gasteiger partial charge in [0.1, 0.15) is 11.4 Å². The second-order valence-electron chi connectivity index (χ2n) is 8.03. The molecule has 2 aromatic carbocycles. The van der Waals surface area contributed by atoms with Crippen LogP contribution in [0.4, 0.5) is 0 Å². The number of aryl methyl sites for hydroxylation is 3. The zero-order valence-electron chi connectivity index (χ0n) is 19.1. The molecule has 168 valence electrons. The fourth-order valence-corrected chi connectivity index (χ4v) is 3.72. The number of aromatic nitrogens is 3. The summed E-state index contributed by atoms with van der Waals surface area (Å²) < 4.78 is 7.04. The second-order valence-corrected chi connectivity index (χ2v) is 8.03. The van der Waals surface area contributed by atoms with Gasteiger partial charge in [-0.1, -0.05) is 29.8 Å². The molecule has 7 nitrogen and oxygen atoms in total. The third-order valence-corrected chi connectivity index (χ3v) is 5.52. The summed E-state index contributed by atoms with van der Waals surface area (Å²) in [4.78, 5) is 28.4. The third-order valence-electron chi connectivity index (χ3n) is 5.52. The van der Waals surface area contributed by atoms with Crippen molar-refractivity contribution in [3.05, 3.63) is 99.1 Å². The third kappa shape index (κ3) is 4.72. The number of nitrogens with one attached hydrogen (secondary N) is 2. The number of H-pyrrole nitrogens is 1. The molecule has 0 aliphatic rings. The van der Waals surface area contributed by atoms with Crippen molar-refractivity contribution < 1.29 is 9.53 Å². The molecule has 0 atom stereocenters. The van der Waals surface area contributed by atoms with Crippen LogP contribution in [-0.2, 0) is 6.54 Å². The molecule has 0 aliphatic carbocycles. The van der Waals surface area contributed by atoms with Crippen LogP contribution in [-0.4, -0.2) is 27.8 Å². The maximum atomic E-state index is 13.2. The van der Waals surface area contributed by atoms with Gasteiger partial charge in [0.15, 0.2) is 0 Å². The molecule has 4 aromatic rings. The van der Waals surface area contributed by atoms with Crippen LogP contribution in [0.2, 0.25) is 0 Å². The molecular weight excluding hydrogens is 416 g/mol. The topological polar surface area (TPSA) is 89.0 Å². The van der Waals surface area contributed by atoms with Crippen LogP contribution in [0.25, 0.3) is 16.9 Å². The van der Waals surface area contributed by atoms with E-state index in [0.29, 0.717) is 22.6 Å². The Bertz CT molecular complexity index is 1370. The summed E-state index contributed by atoms with van der Waals surface area (Å²) in [6, 6.07) is 17.2. The Balaban J connectivity index is 1.71. The second kappa shape index (κ2) is 9.16. The van der Waals surface area contributed by atoms with Crippen molar-refractivity contribution in [2.45, 2.75) is 27.3 Å². The van der Waals surface area contributed by atoms with Crippen LogP contribution in [0.15, 0.2) is 65.6 Å². The maximum absolute atomic E-state index is 13.2. The van der Waals surface area contributed by atoms with Crippen molar-refractivity contribution in [3.8, 4) is 22.7 Å². The number of carbonyl (C=O) groups is 1. The van der Waals surface area contributed by atoms with E-state index in [1.165, 1.54) is 0 Å². The lowest BCUT2D eigenvalue weighted by Crippen LogP contribution is -2.28. The number of nitrogens with zero attached hydrogens (tertiary/aromatic N) is 2. The van der Waals surface area contributed by atoms with Gasteiger partial charge in [0.25, 0.3) is 11.5 Å². The van der Waals surface area contributed by atoms with E-state index in [1.54, 1.807) is 18.0 Å². The van der Waals surface area contributed by atoms with E-state index >= 15 is 0 Å². The van der Waals surface area contributed by atoms with Gasteiger partial charge in [-0.2, -0.15) is 5.10 Å². The molecule has 4 rings (SSSR count). The molecule has 7 heteroatoms. The molecule has 0 bridgehead atoms. The van der Waals surface area contributed by atoms with Crippen molar-refractivity contribution in [2.75, 3.05) is 7.11 Å². The molecule has 2 aromatic heterocycles. The van der Waals surface area contributed by atoms with Gasteiger partial charge in [-0.05, 0) is 56.7 Å². The largest absolute Gasteiger partial charge is 0.497 e. The monoisotopic (exact) mass is 442 g/mol. The lowest BCUT2D eigenvalue weighted by molar-refractivity contribution is 0.0951. The van der Waals surface area contributed by atoms with E-state index < -0.39 is 0 Å². The molecule has 0 saturated carbocycles. The summed E-state index contributed by atoms with van der Waals surface area (Å²) in [7, 11) is 1.60. The standard InChI is InChI=1S/C26H26N4O3/c1-16-8-10-20(11-9-16)30-15-23(24(29-30)19-6-5-7-21(13-19)33-4)25(31)27-14-22-17(2)12-18(3)28-26(22)32/h5-13,15H,14H2,1-4H3,(H,27,31)(H,28,32). The van der Waals surface area contributed by atoms with Crippen molar-refractivity contribution in [1.29, 1.82) is 0 Å². The molecule has 0 saturated heterocycles. The smallest absolute Gasteiger partial charge is 0.255 e. The van der Waals surface area contributed by atoms with Crippen LogP contribution in [0.5, 0.6) is 5.75 Å². The van der Waals surface area contributed by atoms with E-state index in [9.17, 15) is 9.59 Å². The number of rotatable bonds is 6. The summed E-state index contributed by atoms with van der Waals surface area (Å²) in [5, 5.41) is 7.60. The van der Waals surface area contributed by atoms with Crippen LogP contribution < -0.4 is 15.6 Å². The predicted octanol–water partition coefficient (Wildman–Crippen LogP) is 4.09. The van der Waals surface area contributed by atoms with E-state index in [4.69, 9.17) is 9.84 Å².